The van der Waals surface area contributed by atoms with Crippen molar-refractivity contribution in [1.29, 1.82) is 0 Å². The average Bonchev–Trinajstić information content (AvgIpc) is 1.92. The maximum Gasteiger partial charge on any atom is 4.00 e. The molecule has 0 atom stereocenters. The smallest absolute Gasteiger partial charge is 0.335 e. The van der Waals surface area contributed by atoms with Gasteiger partial charge in [-0.05, 0) is 0 Å². The van der Waals surface area contributed by atoms with E-state index in [4.69, 9.17) is 0 Å². The molecule has 0 spiro atoms. The first-order valence-corrected chi connectivity index (χ1v) is 4.62. The van der Waals surface area contributed by atoms with Gasteiger partial charge in [0.1, 0.15) is 0 Å². The van der Waals surface area contributed by atoms with Crippen LogP contribution in [0.2, 0.25) is 0 Å². The van der Waals surface area contributed by atoms with Crippen molar-refractivity contribution >= 4 is 0 Å². The van der Waals surface area contributed by atoms with Crippen LogP contribution in [0.25, 0.3) is 0 Å². The molecule has 0 rings (SSSR count). The van der Waals surface area contributed by atoms with Crippen molar-refractivity contribution in [2.24, 2.45) is 0 Å². The summed E-state index contributed by atoms with van der Waals surface area (Å²) in [6, 6.07) is 0. The van der Waals surface area contributed by atoms with Gasteiger partial charge in [0, 0.05) is 0 Å². The minimum Gasteiger partial charge on any atom is -0.335 e. The Labute approximate surface area is 107 Å². The fraction of sp³-hybridized carbons (Fsp3) is 0.667. The predicted octanol–water partition coefficient (Wildman–Crippen LogP) is 4.92. The summed E-state index contributed by atoms with van der Waals surface area (Å²) in [7, 11) is 0. The van der Waals surface area contributed by atoms with Gasteiger partial charge < -0.3 is 25.7 Å². The molecule has 0 heterocycles. The topological polar surface area (TPSA) is 0 Å². The van der Waals surface area contributed by atoms with E-state index in [1.165, 1.54) is 0 Å². The van der Waals surface area contributed by atoms with E-state index in [9.17, 15) is 0 Å². The van der Waals surface area contributed by atoms with Crippen LogP contribution in [0.3, 0.4) is 0 Å². The Hall–Kier alpha value is 0.870. The van der Waals surface area contributed by atoms with E-state index < -0.39 is 0 Å². The van der Waals surface area contributed by atoms with E-state index >= 15 is 0 Å². The van der Waals surface area contributed by atoms with Gasteiger partial charge in [-0.15, -0.1) is 0 Å². The van der Waals surface area contributed by atoms with Gasteiger partial charge in [0.15, 0.2) is 0 Å². The van der Waals surface area contributed by atoms with Crippen molar-refractivity contribution < 1.29 is 25.8 Å². The Morgan fingerprint density at radius 3 is 0.385 bits per heavy atom. The number of rotatable bonds is 0. The second-order valence-electron chi connectivity index (χ2n) is 2.31. The molecule has 0 radical (unpaired) electrons. The molecule has 0 unspecified atom stereocenters. The molecular formula is C12H28Hf. The fourth-order valence-corrected chi connectivity index (χ4v) is 0. The summed E-state index contributed by atoms with van der Waals surface area (Å²) in [6.07, 6.45) is 8.00. The normalized spacial score (nSPS) is 5.54. The first-order valence-electron chi connectivity index (χ1n) is 4.62. The molecule has 0 saturated heterocycles. The van der Waals surface area contributed by atoms with Gasteiger partial charge in [0.2, 0.25) is 0 Å². The van der Waals surface area contributed by atoms with E-state index in [1.807, 2.05) is 81.1 Å². The van der Waals surface area contributed by atoms with E-state index in [2.05, 4.69) is 0 Å². The van der Waals surface area contributed by atoms with Gasteiger partial charge in [0.05, 0.1) is 0 Å². The summed E-state index contributed by atoms with van der Waals surface area (Å²) < 4.78 is 0. The zero-order valence-electron chi connectivity index (χ0n) is 10.8. The van der Waals surface area contributed by atoms with Crippen molar-refractivity contribution in [2.45, 2.75) is 55.4 Å². The van der Waals surface area contributed by atoms with Crippen molar-refractivity contribution in [2.75, 3.05) is 0 Å². The molecule has 80 valence electrons. The molecule has 0 amide bonds. The third-order valence-electron chi connectivity index (χ3n) is 0. The molecule has 1 heteroatoms. The van der Waals surface area contributed by atoms with E-state index in [1.54, 1.807) is 0 Å². The van der Waals surface area contributed by atoms with Gasteiger partial charge in [-0.3, -0.25) is 0 Å². The summed E-state index contributed by atoms with van der Waals surface area (Å²) >= 11 is 0. The largest absolute Gasteiger partial charge is 4.00 e. The Bertz CT molecular complexity index is 13.1. The first kappa shape index (κ1) is 29.2. The Morgan fingerprint density at radius 1 is 0.385 bits per heavy atom. The monoisotopic (exact) mass is 352 g/mol. The van der Waals surface area contributed by atoms with Gasteiger partial charge in [-0.25, -0.2) is 0 Å². The molecule has 13 heavy (non-hydrogen) atoms. The molecule has 0 aromatic heterocycles. The van der Waals surface area contributed by atoms with Crippen LogP contribution in [0.15, 0.2) is 0 Å². The third-order valence-corrected chi connectivity index (χ3v) is 0. The predicted molar refractivity (Wildman–Crippen MR) is 62.6 cm³/mol. The van der Waals surface area contributed by atoms with Crippen molar-refractivity contribution in [1.82, 2.24) is 0 Å². The quantitative estimate of drug-likeness (QED) is 0.429. The van der Waals surface area contributed by atoms with E-state index in [0.29, 0.717) is 0 Å². The molecule has 0 aliphatic rings. The molecule has 0 N–H and O–H groups in total. The second-order valence-corrected chi connectivity index (χ2v) is 2.31. The van der Waals surface area contributed by atoms with Gasteiger partial charge in [-0.2, -0.15) is 55.4 Å². The maximum atomic E-state index is 2.00. The molecule has 0 nitrogen and oxygen atoms in total. The molecule has 0 aromatic rings. The van der Waals surface area contributed by atoms with Crippen LogP contribution in [0.4, 0.5) is 0 Å². The Morgan fingerprint density at radius 2 is 0.385 bits per heavy atom. The van der Waals surface area contributed by atoms with Crippen LogP contribution in [-0.2, 0) is 25.8 Å². The molecule has 0 bridgehead atoms. The van der Waals surface area contributed by atoms with Crippen molar-refractivity contribution in [3.05, 3.63) is 25.7 Å². The Kier molecular flexibility index (Phi) is 172. The molecule has 0 aromatic carbocycles. The fourth-order valence-electron chi connectivity index (χ4n) is 0. The van der Waals surface area contributed by atoms with Crippen molar-refractivity contribution in [3.63, 3.8) is 0 Å². The van der Waals surface area contributed by atoms with Gasteiger partial charge in [0.25, 0.3) is 0 Å². The Balaban J connectivity index is -0.0000000213. The minimum absolute atomic E-state index is 0. The average molecular weight is 351 g/mol. The summed E-state index contributed by atoms with van der Waals surface area (Å²) in [4.78, 5) is 0. The summed E-state index contributed by atoms with van der Waals surface area (Å²) in [5.74, 6) is 0. The van der Waals surface area contributed by atoms with Gasteiger partial charge in [-0.1, -0.05) is 0 Å². The van der Waals surface area contributed by atoms with E-state index in [-0.39, 0.29) is 25.8 Å². The number of hydrogen-bond donors (Lipinski definition) is 0. The molecule has 0 saturated carbocycles. The van der Waals surface area contributed by atoms with Crippen LogP contribution in [-0.4, -0.2) is 0 Å². The SMILES string of the molecule is C[CH-]C.C[CH-]C.C[CH-]C.C[CH-]C.[Hf+4]. The van der Waals surface area contributed by atoms with Crippen LogP contribution < -0.4 is 0 Å². The van der Waals surface area contributed by atoms with Gasteiger partial charge >= 0.3 is 25.8 Å². The summed E-state index contributed by atoms with van der Waals surface area (Å²) in [5.41, 5.74) is 0. The zero-order chi connectivity index (χ0) is 10.8. The number of hydrogen-bond acceptors (Lipinski definition) is 0. The van der Waals surface area contributed by atoms with Crippen LogP contribution in [0, 0.1) is 25.7 Å². The molecule has 0 aliphatic heterocycles. The summed E-state index contributed by atoms with van der Waals surface area (Å²) in [5, 5.41) is 0. The molecule has 0 aliphatic carbocycles. The molecule has 0 fully saturated rings. The van der Waals surface area contributed by atoms with Crippen LogP contribution >= 0.6 is 0 Å². The van der Waals surface area contributed by atoms with Crippen LogP contribution in [0.5, 0.6) is 0 Å². The third kappa shape index (κ3) is 2010. The van der Waals surface area contributed by atoms with Crippen LogP contribution in [0.1, 0.15) is 55.4 Å². The van der Waals surface area contributed by atoms with E-state index in [0.717, 1.165) is 0 Å². The summed E-state index contributed by atoms with van der Waals surface area (Å²) in [6.45, 7) is 16.0. The van der Waals surface area contributed by atoms with Crippen molar-refractivity contribution in [3.8, 4) is 0 Å². The maximum absolute atomic E-state index is 2.00. The molecular weight excluding hydrogens is 323 g/mol. The minimum atomic E-state index is 0. The first-order chi connectivity index (χ1) is 5.66. The zero-order valence-corrected chi connectivity index (χ0v) is 14.4. The standard InChI is InChI=1S/4C3H7.Hf/c4*1-3-2;/h4*3H,1-2H3;/q4*-1;+4. The second kappa shape index (κ2) is 76.5.